The number of rotatable bonds is 5. The number of hydrogen-bond acceptors (Lipinski definition) is 3. The minimum atomic E-state index is 0.754. The summed E-state index contributed by atoms with van der Waals surface area (Å²) in [5, 5.41) is 3.25. The van der Waals surface area contributed by atoms with Crippen LogP contribution in [-0.4, -0.2) is 13.7 Å². The predicted molar refractivity (Wildman–Crippen MR) is 77.6 cm³/mol. The topological polar surface area (TPSA) is 34.4 Å². The van der Waals surface area contributed by atoms with Crippen LogP contribution in [0.5, 0.6) is 5.75 Å². The van der Waals surface area contributed by atoms with Crippen molar-refractivity contribution < 1.29 is 9.15 Å². The second kappa shape index (κ2) is 5.93. The molecule has 0 amide bonds. The van der Waals surface area contributed by atoms with Gasteiger partial charge in [-0.1, -0.05) is 13.0 Å². The Bertz CT molecular complexity index is 558. The molecule has 0 spiro atoms. The standard InChI is InChI=1S/C16H21NO2/c1-5-17-10-13-7-9-15(19-13)14-8-6-11(2)12(3)16(14)18-4/h6-9,17H,5,10H2,1-4H3. The van der Waals surface area contributed by atoms with Crippen molar-refractivity contribution >= 4 is 0 Å². The molecule has 2 aromatic rings. The van der Waals surface area contributed by atoms with Crippen molar-refractivity contribution in [3.8, 4) is 17.1 Å². The number of hydrogen-bond donors (Lipinski definition) is 1. The van der Waals surface area contributed by atoms with E-state index in [4.69, 9.17) is 9.15 Å². The normalized spacial score (nSPS) is 10.7. The molecule has 0 bridgehead atoms. The highest BCUT2D eigenvalue weighted by Crippen LogP contribution is 2.35. The summed E-state index contributed by atoms with van der Waals surface area (Å²) < 4.78 is 11.4. The molecular weight excluding hydrogens is 238 g/mol. The Kier molecular flexibility index (Phi) is 4.27. The van der Waals surface area contributed by atoms with Crippen LogP contribution in [0, 0.1) is 13.8 Å². The van der Waals surface area contributed by atoms with Crippen LogP contribution in [0.1, 0.15) is 23.8 Å². The van der Waals surface area contributed by atoms with E-state index in [0.717, 1.165) is 41.5 Å². The summed E-state index contributed by atoms with van der Waals surface area (Å²) >= 11 is 0. The first kappa shape index (κ1) is 13.7. The minimum absolute atomic E-state index is 0.754. The van der Waals surface area contributed by atoms with E-state index in [1.54, 1.807) is 7.11 Å². The van der Waals surface area contributed by atoms with Gasteiger partial charge in [0.2, 0.25) is 0 Å². The minimum Gasteiger partial charge on any atom is -0.496 e. The lowest BCUT2D eigenvalue weighted by Crippen LogP contribution is -2.10. The fraction of sp³-hybridized carbons (Fsp3) is 0.375. The molecule has 1 heterocycles. The lowest BCUT2D eigenvalue weighted by molar-refractivity contribution is 0.410. The molecule has 1 aromatic carbocycles. The number of aryl methyl sites for hydroxylation is 1. The highest BCUT2D eigenvalue weighted by Gasteiger charge is 2.13. The Balaban J connectivity index is 2.36. The molecule has 19 heavy (non-hydrogen) atoms. The van der Waals surface area contributed by atoms with Gasteiger partial charge < -0.3 is 14.5 Å². The van der Waals surface area contributed by atoms with Crippen LogP contribution in [-0.2, 0) is 6.54 Å². The molecule has 0 aliphatic carbocycles. The largest absolute Gasteiger partial charge is 0.496 e. The van der Waals surface area contributed by atoms with E-state index in [-0.39, 0.29) is 0 Å². The van der Waals surface area contributed by atoms with Crippen molar-refractivity contribution in [3.05, 3.63) is 41.2 Å². The summed E-state index contributed by atoms with van der Waals surface area (Å²) in [6.07, 6.45) is 0. The average molecular weight is 259 g/mol. The van der Waals surface area contributed by atoms with Gasteiger partial charge in [-0.15, -0.1) is 0 Å². The highest BCUT2D eigenvalue weighted by atomic mass is 16.5. The third kappa shape index (κ3) is 2.82. The van der Waals surface area contributed by atoms with Crippen LogP contribution >= 0.6 is 0 Å². The molecule has 1 N–H and O–H groups in total. The molecule has 0 unspecified atom stereocenters. The van der Waals surface area contributed by atoms with Crippen LogP contribution in [0.3, 0.4) is 0 Å². The zero-order chi connectivity index (χ0) is 13.8. The van der Waals surface area contributed by atoms with Gasteiger partial charge in [0.25, 0.3) is 0 Å². The Labute approximate surface area is 114 Å². The van der Waals surface area contributed by atoms with Gasteiger partial charge in [-0.2, -0.15) is 0 Å². The zero-order valence-electron chi connectivity index (χ0n) is 12.0. The molecule has 2 rings (SSSR count). The third-order valence-corrected chi connectivity index (χ3v) is 3.36. The fourth-order valence-corrected chi connectivity index (χ4v) is 2.11. The number of ether oxygens (including phenoxy) is 1. The van der Waals surface area contributed by atoms with Crippen molar-refractivity contribution in [2.24, 2.45) is 0 Å². The molecule has 0 fully saturated rings. The molecule has 102 valence electrons. The van der Waals surface area contributed by atoms with Crippen molar-refractivity contribution in [1.29, 1.82) is 0 Å². The van der Waals surface area contributed by atoms with E-state index >= 15 is 0 Å². The lowest BCUT2D eigenvalue weighted by Gasteiger charge is -2.11. The predicted octanol–water partition coefficient (Wildman–Crippen LogP) is 3.68. The maximum absolute atomic E-state index is 5.87. The van der Waals surface area contributed by atoms with E-state index in [2.05, 4.69) is 38.2 Å². The second-order valence-corrected chi connectivity index (χ2v) is 4.63. The Hall–Kier alpha value is -1.74. The summed E-state index contributed by atoms with van der Waals surface area (Å²) in [5.74, 6) is 2.69. The smallest absolute Gasteiger partial charge is 0.138 e. The van der Waals surface area contributed by atoms with Crippen molar-refractivity contribution in [3.63, 3.8) is 0 Å². The molecule has 1 aromatic heterocycles. The maximum atomic E-state index is 5.87. The Morgan fingerprint density at radius 3 is 2.63 bits per heavy atom. The summed E-state index contributed by atoms with van der Waals surface area (Å²) in [5.41, 5.74) is 3.39. The molecular formula is C16H21NO2. The summed E-state index contributed by atoms with van der Waals surface area (Å²) in [6.45, 7) is 7.92. The monoisotopic (exact) mass is 259 g/mol. The summed E-state index contributed by atoms with van der Waals surface area (Å²) in [7, 11) is 1.70. The average Bonchev–Trinajstić information content (AvgIpc) is 2.88. The van der Waals surface area contributed by atoms with Gasteiger partial charge in [-0.05, 0) is 49.7 Å². The molecule has 3 heteroatoms. The van der Waals surface area contributed by atoms with E-state index < -0.39 is 0 Å². The van der Waals surface area contributed by atoms with E-state index in [1.165, 1.54) is 5.56 Å². The maximum Gasteiger partial charge on any atom is 0.138 e. The van der Waals surface area contributed by atoms with Crippen LogP contribution in [0.4, 0.5) is 0 Å². The van der Waals surface area contributed by atoms with Gasteiger partial charge in [0, 0.05) is 0 Å². The first-order valence-corrected chi connectivity index (χ1v) is 6.61. The van der Waals surface area contributed by atoms with Crippen LogP contribution < -0.4 is 10.1 Å². The Morgan fingerprint density at radius 2 is 1.95 bits per heavy atom. The van der Waals surface area contributed by atoms with Crippen molar-refractivity contribution in [2.75, 3.05) is 13.7 Å². The van der Waals surface area contributed by atoms with Gasteiger partial charge in [-0.25, -0.2) is 0 Å². The zero-order valence-corrected chi connectivity index (χ0v) is 12.0. The SMILES string of the molecule is CCNCc1ccc(-c2ccc(C)c(C)c2OC)o1. The van der Waals surface area contributed by atoms with Gasteiger partial charge in [0.15, 0.2) is 0 Å². The lowest BCUT2D eigenvalue weighted by atomic mass is 10.0. The molecule has 0 saturated carbocycles. The molecule has 0 aliphatic rings. The number of nitrogens with one attached hydrogen (secondary N) is 1. The van der Waals surface area contributed by atoms with Gasteiger partial charge in [0.1, 0.15) is 17.3 Å². The van der Waals surface area contributed by atoms with E-state index in [1.807, 2.05) is 12.1 Å². The Morgan fingerprint density at radius 1 is 1.16 bits per heavy atom. The fourth-order valence-electron chi connectivity index (χ4n) is 2.11. The van der Waals surface area contributed by atoms with Gasteiger partial charge in [0.05, 0.1) is 19.2 Å². The number of benzene rings is 1. The third-order valence-electron chi connectivity index (χ3n) is 3.36. The van der Waals surface area contributed by atoms with Crippen LogP contribution in [0.25, 0.3) is 11.3 Å². The number of methoxy groups -OCH3 is 1. The van der Waals surface area contributed by atoms with Crippen molar-refractivity contribution in [1.82, 2.24) is 5.32 Å². The number of furan rings is 1. The second-order valence-electron chi connectivity index (χ2n) is 4.63. The van der Waals surface area contributed by atoms with Crippen LogP contribution in [0.15, 0.2) is 28.7 Å². The van der Waals surface area contributed by atoms with Crippen LogP contribution in [0.2, 0.25) is 0 Å². The van der Waals surface area contributed by atoms with E-state index in [0.29, 0.717) is 0 Å². The first-order valence-electron chi connectivity index (χ1n) is 6.61. The molecule has 3 nitrogen and oxygen atoms in total. The molecule has 0 aliphatic heterocycles. The van der Waals surface area contributed by atoms with Gasteiger partial charge >= 0.3 is 0 Å². The quantitative estimate of drug-likeness (QED) is 0.889. The summed E-state index contributed by atoms with van der Waals surface area (Å²) in [6, 6.07) is 8.16. The summed E-state index contributed by atoms with van der Waals surface area (Å²) in [4.78, 5) is 0. The molecule has 0 saturated heterocycles. The first-order chi connectivity index (χ1) is 9.17. The van der Waals surface area contributed by atoms with E-state index in [9.17, 15) is 0 Å². The highest BCUT2D eigenvalue weighted by molar-refractivity contribution is 5.69. The molecule has 0 radical (unpaired) electrons. The van der Waals surface area contributed by atoms with Gasteiger partial charge in [-0.3, -0.25) is 0 Å². The van der Waals surface area contributed by atoms with Crippen molar-refractivity contribution in [2.45, 2.75) is 27.3 Å². The molecule has 0 atom stereocenters.